The number of aryl methyl sites for hydroxylation is 1. The third kappa shape index (κ3) is 3.37. The second-order valence-corrected chi connectivity index (χ2v) is 5.70. The van der Waals surface area contributed by atoms with Crippen LogP contribution in [0, 0.1) is 6.92 Å². The van der Waals surface area contributed by atoms with E-state index in [1.54, 1.807) is 0 Å². The molecular formula is C13H11BrCl2N2. The summed E-state index contributed by atoms with van der Waals surface area (Å²) in [6.45, 7) is 2.64. The molecule has 0 fully saturated rings. The lowest BCUT2D eigenvalue weighted by Crippen LogP contribution is -2.01. The Kier molecular flexibility index (Phi) is 4.49. The van der Waals surface area contributed by atoms with Gasteiger partial charge in [0.1, 0.15) is 0 Å². The van der Waals surface area contributed by atoms with Gasteiger partial charge < -0.3 is 5.32 Å². The second kappa shape index (κ2) is 5.91. The van der Waals surface area contributed by atoms with E-state index < -0.39 is 0 Å². The van der Waals surface area contributed by atoms with Crippen molar-refractivity contribution in [1.82, 2.24) is 4.98 Å². The zero-order valence-corrected chi connectivity index (χ0v) is 12.8. The molecule has 2 aromatic rings. The van der Waals surface area contributed by atoms with E-state index >= 15 is 0 Å². The van der Waals surface area contributed by atoms with Crippen LogP contribution >= 0.6 is 39.1 Å². The molecule has 0 bridgehead atoms. The Morgan fingerprint density at radius 1 is 1.17 bits per heavy atom. The molecule has 1 aromatic heterocycles. The van der Waals surface area contributed by atoms with Crippen molar-refractivity contribution in [2.24, 2.45) is 0 Å². The highest BCUT2D eigenvalue weighted by Crippen LogP contribution is 2.34. The zero-order chi connectivity index (χ0) is 13.1. The van der Waals surface area contributed by atoms with Crippen molar-refractivity contribution in [2.75, 3.05) is 5.32 Å². The van der Waals surface area contributed by atoms with Gasteiger partial charge in [0.2, 0.25) is 0 Å². The number of anilines is 1. The lowest BCUT2D eigenvalue weighted by molar-refractivity contribution is 1.10. The highest BCUT2D eigenvalue weighted by molar-refractivity contribution is 9.10. The molecule has 1 aromatic carbocycles. The average Bonchev–Trinajstić information content (AvgIpc) is 2.27. The van der Waals surface area contributed by atoms with Crippen molar-refractivity contribution in [3.8, 4) is 0 Å². The fraction of sp³-hybridized carbons (Fsp3) is 0.154. The van der Waals surface area contributed by atoms with Crippen LogP contribution in [0.4, 0.5) is 5.69 Å². The summed E-state index contributed by atoms with van der Waals surface area (Å²) in [6.07, 6.45) is 3.64. The van der Waals surface area contributed by atoms with Gasteiger partial charge in [0.15, 0.2) is 0 Å². The maximum Gasteiger partial charge on any atom is 0.0722 e. The van der Waals surface area contributed by atoms with Gasteiger partial charge in [0.05, 0.1) is 15.7 Å². The molecule has 1 heterocycles. The fourth-order valence-electron chi connectivity index (χ4n) is 1.62. The quantitative estimate of drug-likeness (QED) is 0.839. The first-order valence-corrected chi connectivity index (χ1v) is 6.90. The lowest BCUT2D eigenvalue weighted by Gasteiger charge is -2.11. The van der Waals surface area contributed by atoms with Crippen LogP contribution in [0.1, 0.15) is 11.1 Å². The zero-order valence-electron chi connectivity index (χ0n) is 9.67. The van der Waals surface area contributed by atoms with Gasteiger partial charge in [-0.25, -0.2) is 0 Å². The van der Waals surface area contributed by atoms with Gasteiger partial charge in [-0.3, -0.25) is 4.98 Å². The van der Waals surface area contributed by atoms with Gasteiger partial charge in [-0.15, -0.1) is 0 Å². The molecular weight excluding hydrogens is 335 g/mol. The van der Waals surface area contributed by atoms with E-state index in [1.807, 2.05) is 31.5 Å². The van der Waals surface area contributed by atoms with E-state index in [4.69, 9.17) is 23.2 Å². The largest absolute Gasteiger partial charge is 0.378 e. The average molecular weight is 346 g/mol. The summed E-state index contributed by atoms with van der Waals surface area (Å²) in [7, 11) is 0. The normalized spacial score (nSPS) is 10.4. The van der Waals surface area contributed by atoms with Crippen molar-refractivity contribution in [2.45, 2.75) is 13.5 Å². The first-order chi connectivity index (χ1) is 8.56. The number of nitrogens with zero attached hydrogens (tertiary/aromatic N) is 1. The van der Waals surface area contributed by atoms with Crippen LogP contribution in [-0.4, -0.2) is 4.98 Å². The van der Waals surface area contributed by atoms with Crippen LogP contribution in [0.25, 0.3) is 0 Å². The van der Waals surface area contributed by atoms with Crippen LogP contribution in [0.5, 0.6) is 0 Å². The summed E-state index contributed by atoms with van der Waals surface area (Å²) in [5.41, 5.74) is 2.95. The number of pyridine rings is 1. The first kappa shape index (κ1) is 13.7. The van der Waals surface area contributed by atoms with Gasteiger partial charge in [-0.1, -0.05) is 45.2 Å². The van der Waals surface area contributed by atoms with E-state index in [0.29, 0.717) is 16.6 Å². The molecule has 0 saturated carbocycles. The predicted octanol–water partition coefficient (Wildman–Crippen LogP) is 5.07. The molecule has 0 aliphatic carbocycles. The summed E-state index contributed by atoms with van der Waals surface area (Å²) < 4.78 is 0.861. The maximum absolute atomic E-state index is 6.14. The highest BCUT2D eigenvalue weighted by atomic mass is 79.9. The minimum atomic E-state index is 0.593. The minimum Gasteiger partial charge on any atom is -0.378 e. The molecule has 0 saturated heterocycles. The Labute approximate surface area is 124 Å². The summed E-state index contributed by atoms with van der Waals surface area (Å²) >= 11 is 15.6. The predicted molar refractivity (Wildman–Crippen MR) is 80.5 cm³/mol. The van der Waals surface area contributed by atoms with Gasteiger partial charge >= 0.3 is 0 Å². The number of halogens is 3. The topological polar surface area (TPSA) is 24.9 Å². The van der Waals surface area contributed by atoms with Crippen LogP contribution in [0.2, 0.25) is 10.0 Å². The molecule has 0 unspecified atom stereocenters. The summed E-state index contributed by atoms with van der Waals surface area (Å²) in [5.74, 6) is 0. The summed E-state index contributed by atoms with van der Waals surface area (Å²) in [5, 5.41) is 4.41. The van der Waals surface area contributed by atoms with Gasteiger partial charge in [0, 0.05) is 23.4 Å². The summed E-state index contributed by atoms with van der Waals surface area (Å²) in [6, 6.07) is 5.69. The number of benzene rings is 1. The summed E-state index contributed by atoms with van der Waals surface area (Å²) in [4.78, 5) is 4.14. The van der Waals surface area contributed by atoms with E-state index in [2.05, 4.69) is 32.3 Å². The van der Waals surface area contributed by atoms with Crippen molar-refractivity contribution < 1.29 is 0 Å². The Hall–Kier alpha value is -0.770. The Morgan fingerprint density at radius 3 is 2.44 bits per heavy atom. The third-order valence-electron chi connectivity index (χ3n) is 2.41. The van der Waals surface area contributed by atoms with Gasteiger partial charge in [-0.05, 0) is 30.2 Å². The van der Waals surface area contributed by atoms with Gasteiger partial charge in [-0.2, -0.15) is 0 Å². The number of rotatable bonds is 3. The third-order valence-corrected chi connectivity index (χ3v) is 3.46. The van der Waals surface area contributed by atoms with Crippen molar-refractivity contribution in [3.05, 3.63) is 56.2 Å². The second-order valence-electron chi connectivity index (χ2n) is 3.97. The number of aromatic nitrogens is 1. The van der Waals surface area contributed by atoms with E-state index in [1.165, 1.54) is 0 Å². The Bertz CT molecular complexity index is 550. The number of hydrogen-bond donors (Lipinski definition) is 1. The number of hydrogen-bond acceptors (Lipinski definition) is 2. The molecule has 0 atom stereocenters. The maximum atomic E-state index is 6.14. The van der Waals surface area contributed by atoms with Crippen molar-refractivity contribution in [1.29, 1.82) is 0 Å². The molecule has 0 aliphatic rings. The Balaban J connectivity index is 2.16. The molecule has 1 N–H and O–H groups in total. The van der Waals surface area contributed by atoms with Crippen molar-refractivity contribution in [3.63, 3.8) is 0 Å². The molecule has 5 heteroatoms. The standard InChI is InChI=1S/C13H11BrCl2N2/c1-8-2-9(6-17-5-8)7-18-13-11(15)3-10(14)4-12(13)16/h2-6,18H,7H2,1H3. The fourth-order valence-corrected chi connectivity index (χ4v) is 2.96. The van der Waals surface area contributed by atoms with E-state index in [-0.39, 0.29) is 0 Å². The smallest absolute Gasteiger partial charge is 0.0722 e. The highest BCUT2D eigenvalue weighted by Gasteiger charge is 2.07. The SMILES string of the molecule is Cc1cncc(CNc2c(Cl)cc(Br)cc2Cl)c1. The van der Waals surface area contributed by atoms with Crippen molar-refractivity contribution >= 4 is 44.8 Å². The van der Waals surface area contributed by atoms with E-state index in [9.17, 15) is 0 Å². The van der Waals surface area contributed by atoms with Crippen LogP contribution in [0.3, 0.4) is 0 Å². The molecule has 0 aliphatic heterocycles. The molecule has 2 nitrogen and oxygen atoms in total. The van der Waals surface area contributed by atoms with Crippen LogP contribution in [0.15, 0.2) is 35.1 Å². The molecule has 2 rings (SSSR count). The molecule has 0 spiro atoms. The minimum absolute atomic E-state index is 0.593. The molecule has 94 valence electrons. The van der Waals surface area contributed by atoms with E-state index in [0.717, 1.165) is 21.3 Å². The monoisotopic (exact) mass is 344 g/mol. The van der Waals surface area contributed by atoms with Crippen LogP contribution < -0.4 is 5.32 Å². The number of nitrogens with one attached hydrogen (secondary N) is 1. The van der Waals surface area contributed by atoms with Crippen LogP contribution in [-0.2, 0) is 6.54 Å². The Morgan fingerprint density at radius 2 is 1.83 bits per heavy atom. The molecule has 0 amide bonds. The molecule has 0 radical (unpaired) electrons. The molecule has 18 heavy (non-hydrogen) atoms. The van der Waals surface area contributed by atoms with Gasteiger partial charge in [0.25, 0.3) is 0 Å². The first-order valence-electron chi connectivity index (χ1n) is 5.35. The lowest BCUT2D eigenvalue weighted by atomic mass is 10.2.